The Kier molecular flexibility index (Phi) is 3.20. The Balaban J connectivity index is 2.39. The van der Waals surface area contributed by atoms with E-state index < -0.39 is 0 Å². The van der Waals surface area contributed by atoms with Crippen molar-refractivity contribution < 1.29 is 4.79 Å². The van der Waals surface area contributed by atoms with Gasteiger partial charge in [-0.25, -0.2) is 0 Å². The number of thiocarbonyl (C=S) groups is 1. The molecule has 1 fully saturated rings. The summed E-state index contributed by atoms with van der Waals surface area (Å²) in [5.74, 6) is 0.756. The first kappa shape index (κ1) is 9.65. The molecule has 0 bridgehead atoms. The highest BCUT2D eigenvalue weighted by atomic mass is 32.1. The van der Waals surface area contributed by atoms with Crippen LogP contribution in [0, 0.1) is 5.92 Å². The molecule has 0 unspecified atom stereocenters. The second kappa shape index (κ2) is 3.99. The summed E-state index contributed by atoms with van der Waals surface area (Å²) in [5.41, 5.74) is 0. The van der Waals surface area contributed by atoms with E-state index in [9.17, 15) is 4.79 Å². The van der Waals surface area contributed by atoms with E-state index in [-0.39, 0.29) is 5.91 Å². The summed E-state index contributed by atoms with van der Waals surface area (Å²) in [4.78, 5) is 14.0. The van der Waals surface area contributed by atoms with E-state index in [1.807, 2.05) is 11.8 Å². The summed E-state index contributed by atoms with van der Waals surface area (Å²) in [6, 6.07) is 0. The highest BCUT2D eigenvalue weighted by molar-refractivity contribution is 7.80. The van der Waals surface area contributed by atoms with Gasteiger partial charge < -0.3 is 4.90 Å². The van der Waals surface area contributed by atoms with Crippen LogP contribution in [-0.4, -0.2) is 28.8 Å². The molecule has 0 aromatic heterocycles. The summed E-state index contributed by atoms with van der Waals surface area (Å²) < 4.78 is 0. The average molecular weight is 185 g/mol. The topological polar surface area (TPSA) is 20.3 Å². The number of hydrogen-bond donors (Lipinski definition) is 0. The lowest BCUT2D eigenvalue weighted by molar-refractivity contribution is -0.129. The number of likely N-dealkylation sites (tertiary alicyclic amines) is 1. The molecule has 0 aromatic carbocycles. The molecule has 0 N–H and O–H groups in total. The van der Waals surface area contributed by atoms with Gasteiger partial charge >= 0.3 is 0 Å². The van der Waals surface area contributed by atoms with E-state index in [0.717, 1.165) is 30.8 Å². The molecule has 1 rings (SSSR count). The molecular formula is C9H15NOS. The fourth-order valence-corrected chi connectivity index (χ4v) is 1.84. The molecule has 1 saturated heterocycles. The van der Waals surface area contributed by atoms with Gasteiger partial charge in [0.25, 0.3) is 0 Å². The summed E-state index contributed by atoms with van der Waals surface area (Å²) in [5, 5.41) is 0. The van der Waals surface area contributed by atoms with Gasteiger partial charge in [-0.1, -0.05) is 12.2 Å². The van der Waals surface area contributed by atoms with E-state index in [4.69, 9.17) is 12.2 Å². The van der Waals surface area contributed by atoms with Gasteiger partial charge in [-0.15, -0.1) is 0 Å². The SMILES string of the molecule is CC(=O)N1CCC(C(C)=S)CC1. The maximum Gasteiger partial charge on any atom is 0.219 e. The van der Waals surface area contributed by atoms with Crippen molar-refractivity contribution in [2.24, 2.45) is 5.92 Å². The van der Waals surface area contributed by atoms with Crippen molar-refractivity contribution in [2.45, 2.75) is 26.7 Å². The van der Waals surface area contributed by atoms with Crippen LogP contribution in [-0.2, 0) is 4.79 Å². The second-order valence-corrected chi connectivity index (χ2v) is 4.03. The van der Waals surface area contributed by atoms with E-state index in [1.54, 1.807) is 6.92 Å². The Labute approximate surface area is 78.9 Å². The van der Waals surface area contributed by atoms with Gasteiger partial charge in [0.1, 0.15) is 0 Å². The van der Waals surface area contributed by atoms with E-state index >= 15 is 0 Å². The van der Waals surface area contributed by atoms with E-state index in [0.29, 0.717) is 5.92 Å². The van der Waals surface area contributed by atoms with Crippen molar-refractivity contribution in [3.8, 4) is 0 Å². The Morgan fingerprint density at radius 3 is 2.17 bits per heavy atom. The molecule has 0 radical (unpaired) electrons. The summed E-state index contributed by atoms with van der Waals surface area (Å²) in [7, 11) is 0. The predicted octanol–water partition coefficient (Wildman–Crippen LogP) is 1.63. The van der Waals surface area contributed by atoms with Crippen molar-refractivity contribution in [1.29, 1.82) is 0 Å². The largest absolute Gasteiger partial charge is 0.343 e. The standard InChI is InChI=1S/C9H15NOS/c1-7(12)9-3-5-10(6-4-9)8(2)11/h9H,3-6H2,1-2H3. The molecule has 0 spiro atoms. The molecule has 68 valence electrons. The lowest BCUT2D eigenvalue weighted by atomic mass is 9.94. The van der Waals surface area contributed by atoms with Crippen LogP contribution >= 0.6 is 12.2 Å². The summed E-state index contributed by atoms with van der Waals surface area (Å²) in [6.45, 7) is 5.40. The van der Waals surface area contributed by atoms with Gasteiger partial charge in [-0.05, 0) is 30.5 Å². The van der Waals surface area contributed by atoms with Gasteiger partial charge in [0.2, 0.25) is 5.91 Å². The minimum Gasteiger partial charge on any atom is -0.343 e. The van der Waals surface area contributed by atoms with Crippen LogP contribution in [0.25, 0.3) is 0 Å². The fraction of sp³-hybridized carbons (Fsp3) is 0.778. The zero-order chi connectivity index (χ0) is 9.14. The normalized spacial score (nSPS) is 19.3. The monoisotopic (exact) mass is 185 g/mol. The summed E-state index contributed by atoms with van der Waals surface area (Å²) in [6.07, 6.45) is 2.10. The first-order valence-corrected chi connectivity index (χ1v) is 4.78. The Bertz CT molecular complexity index is 173. The Morgan fingerprint density at radius 2 is 1.83 bits per heavy atom. The number of amides is 1. The van der Waals surface area contributed by atoms with Crippen LogP contribution in [0.2, 0.25) is 0 Å². The number of hydrogen-bond acceptors (Lipinski definition) is 2. The third-order valence-corrected chi connectivity index (χ3v) is 2.85. The van der Waals surface area contributed by atoms with Gasteiger partial charge in [0.15, 0.2) is 0 Å². The maximum atomic E-state index is 11.0. The number of carbonyl (C=O) groups is 1. The van der Waals surface area contributed by atoms with Gasteiger partial charge in [0, 0.05) is 20.0 Å². The number of rotatable bonds is 1. The van der Waals surface area contributed by atoms with Gasteiger partial charge in [-0.2, -0.15) is 0 Å². The fourth-order valence-electron chi connectivity index (χ4n) is 1.60. The minimum atomic E-state index is 0.190. The third-order valence-electron chi connectivity index (χ3n) is 2.52. The maximum absolute atomic E-state index is 11.0. The molecule has 3 heteroatoms. The molecule has 0 saturated carbocycles. The molecule has 1 aliphatic heterocycles. The Morgan fingerprint density at radius 1 is 1.33 bits per heavy atom. The lowest BCUT2D eigenvalue weighted by Gasteiger charge is -2.30. The lowest BCUT2D eigenvalue weighted by Crippen LogP contribution is -2.38. The molecule has 12 heavy (non-hydrogen) atoms. The minimum absolute atomic E-state index is 0.190. The van der Waals surface area contributed by atoms with Gasteiger partial charge in [-0.3, -0.25) is 4.79 Å². The summed E-state index contributed by atoms with van der Waals surface area (Å²) >= 11 is 5.12. The number of piperidine rings is 1. The second-order valence-electron chi connectivity index (χ2n) is 3.39. The predicted molar refractivity (Wildman–Crippen MR) is 53.3 cm³/mol. The third kappa shape index (κ3) is 2.27. The number of nitrogens with zero attached hydrogens (tertiary/aromatic N) is 1. The molecule has 2 nitrogen and oxygen atoms in total. The quantitative estimate of drug-likeness (QED) is 0.579. The molecule has 1 aliphatic rings. The van der Waals surface area contributed by atoms with Crippen LogP contribution in [0.1, 0.15) is 26.7 Å². The first-order chi connectivity index (χ1) is 5.61. The number of carbonyl (C=O) groups excluding carboxylic acids is 1. The zero-order valence-corrected chi connectivity index (χ0v) is 8.49. The molecule has 1 heterocycles. The highest BCUT2D eigenvalue weighted by Gasteiger charge is 2.21. The highest BCUT2D eigenvalue weighted by Crippen LogP contribution is 2.18. The first-order valence-electron chi connectivity index (χ1n) is 4.37. The van der Waals surface area contributed by atoms with Crippen molar-refractivity contribution in [2.75, 3.05) is 13.1 Å². The molecule has 1 amide bonds. The van der Waals surface area contributed by atoms with Crippen LogP contribution in [0.4, 0.5) is 0 Å². The van der Waals surface area contributed by atoms with Crippen LogP contribution < -0.4 is 0 Å². The molecule has 0 atom stereocenters. The Hall–Kier alpha value is -0.440. The van der Waals surface area contributed by atoms with E-state index in [1.165, 1.54) is 0 Å². The average Bonchev–Trinajstić information content (AvgIpc) is 2.04. The van der Waals surface area contributed by atoms with E-state index in [2.05, 4.69) is 0 Å². The van der Waals surface area contributed by atoms with Crippen LogP contribution in [0.15, 0.2) is 0 Å². The van der Waals surface area contributed by atoms with Gasteiger partial charge in [0.05, 0.1) is 0 Å². The molecule has 0 aromatic rings. The van der Waals surface area contributed by atoms with Crippen molar-refractivity contribution in [1.82, 2.24) is 4.90 Å². The van der Waals surface area contributed by atoms with Crippen LogP contribution in [0.5, 0.6) is 0 Å². The molecule has 0 aliphatic carbocycles. The van der Waals surface area contributed by atoms with Crippen molar-refractivity contribution >= 4 is 23.0 Å². The zero-order valence-electron chi connectivity index (χ0n) is 7.67. The van der Waals surface area contributed by atoms with Crippen molar-refractivity contribution in [3.63, 3.8) is 0 Å². The smallest absolute Gasteiger partial charge is 0.219 e. The van der Waals surface area contributed by atoms with Crippen molar-refractivity contribution in [3.05, 3.63) is 0 Å². The molecular weight excluding hydrogens is 170 g/mol. The van der Waals surface area contributed by atoms with Crippen LogP contribution in [0.3, 0.4) is 0 Å².